The number of rotatable bonds is 2. The fraction of sp³-hybridized carbons (Fsp3) is 0.533. The zero-order valence-corrected chi connectivity index (χ0v) is 12.8. The van der Waals surface area contributed by atoms with Gasteiger partial charge in [0.25, 0.3) is 0 Å². The SMILES string of the molecule is CC1(CN2Cc3ccccc3C(Cl)=N2)COC(C)(C)O1. The molecule has 3 rings (SSSR count). The molecule has 108 valence electrons. The van der Waals surface area contributed by atoms with Gasteiger partial charge in [0.1, 0.15) is 5.60 Å². The first-order valence-electron chi connectivity index (χ1n) is 6.78. The van der Waals surface area contributed by atoms with E-state index in [0.717, 1.165) is 12.1 Å². The van der Waals surface area contributed by atoms with Crippen LogP contribution < -0.4 is 0 Å². The molecule has 2 aliphatic rings. The number of fused-ring (bicyclic) bond motifs is 1. The van der Waals surface area contributed by atoms with Crippen molar-refractivity contribution in [2.45, 2.75) is 38.7 Å². The maximum Gasteiger partial charge on any atom is 0.163 e. The Balaban J connectivity index is 1.77. The highest BCUT2D eigenvalue weighted by molar-refractivity contribution is 6.69. The highest BCUT2D eigenvalue weighted by Crippen LogP contribution is 2.32. The molecule has 4 nitrogen and oxygen atoms in total. The summed E-state index contributed by atoms with van der Waals surface area (Å²) >= 11 is 6.27. The van der Waals surface area contributed by atoms with Crippen LogP contribution in [0.4, 0.5) is 0 Å². The molecule has 2 heterocycles. The van der Waals surface area contributed by atoms with E-state index in [0.29, 0.717) is 18.3 Å². The highest BCUT2D eigenvalue weighted by Gasteiger charge is 2.43. The second kappa shape index (κ2) is 4.72. The van der Waals surface area contributed by atoms with Gasteiger partial charge in [-0.15, -0.1) is 0 Å². The molecule has 1 atom stereocenters. The largest absolute Gasteiger partial charge is 0.347 e. The van der Waals surface area contributed by atoms with Crippen LogP contribution in [0.1, 0.15) is 31.9 Å². The molecule has 1 unspecified atom stereocenters. The number of halogens is 1. The van der Waals surface area contributed by atoms with Crippen LogP contribution in [0.25, 0.3) is 0 Å². The summed E-state index contributed by atoms with van der Waals surface area (Å²) in [6, 6.07) is 8.08. The van der Waals surface area contributed by atoms with E-state index in [-0.39, 0.29) is 5.60 Å². The lowest BCUT2D eigenvalue weighted by Crippen LogP contribution is -2.42. The van der Waals surface area contributed by atoms with E-state index in [1.54, 1.807) is 0 Å². The molecule has 1 aromatic rings. The Hall–Kier alpha value is -1.10. The van der Waals surface area contributed by atoms with Crippen molar-refractivity contribution in [3.63, 3.8) is 0 Å². The predicted octanol–water partition coefficient (Wildman–Crippen LogP) is 2.94. The number of hydrazone groups is 1. The summed E-state index contributed by atoms with van der Waals surface area (Å²) in [5.41, 5.74) is 1.84. The van der Waals surface area contributed by atoms with E-state index >= 15 is 0 Å². The van der Waals surface area contributed by atoms with Crippen LogP contribution in [0.5, 0.6) is 0 Å². The van der Waals surface area contributed by atoms with Crippen LogP contribution >= 0.6 is 11.6 Å². The number of hydrogen-bond acceptors (Lipinski definition) is 4. The van der Waals surface area contributed by atoms with Crippen molar-refractivity contribution in [1.82, 2.24) is 5.01 Å². The second-order valence-electron chi connectivity index (χ2n) is 6.11. The summed E-state index contributed by atoms with van der Waals surface area (Å²) in [6.45, 7) is 7.86. The molecule has 0 amide bonds. The molecule has 0 saturated carbocycles. The van der Waals surface area contributed by atoms with Gasteiger partial charge in [0.15, 0.2) is 11.0 Å². The summed E-state index contributed by atoms with van der Waals surface area (Å²) in [4.78, 5) is 0. The van der Waals surface area contributed by atoms with Crippen molar-refractivity contribution in [2.75, 3.05) is 13.2 Å². The van der Waals surface area contributed by atoms with Gasteiger partial charge in [-0.05, 0) is 26.3 Å². The van der Waals surface area contributed by atoms with Crippen molar-refractivity contribution in [3.05, 3.63) is 35.4 Å². The maximum atomic E-state index is 6.27. The minimum Gasteiger partial charge on any atom is -0.347 e. The molecule has 2 aliphatic heterocycles. The number of hydrogen-bond donors (Lipinski definition) is 0. The summed E-state index contributed by atoms with van der Waals surface area (Å²) in [5.74, 6) is -0.532. The lowest BCUT2D eigenvalue weighted by molar-refractivity contribution is -0.161. The quantitative estimate of drug-likeness (QED) is 0.841. The topological polar surface area (TPSA) is 34.1 Å². The summed E-state index contributed by atoms with van der Waals surface area (Å²) < 4.78 is 11.6. The third kappa shape index (κ3) is 2.68. The second-order valence-corrected chi connectivity index (χ2v) is 6.47. The lowest BCUT2D eigenvalue weighted by atomic mass is 10.0. The summed E-state index contributed by atoms with van der Waals surface area (Å²) in [5, 5.41) is 6.95. The molecule has 0 aromatic heterocycles. The third-order valence-corrected chi connectivity index (χ3v) is 3.84. The van der Waals surface area contributed by atoms with Gasteiger partial charge in [0.2, 0.25) is 0 Å². The van der Waals surface area contributed by atoms with Crippen molar-refractivity contribution in [1.29, 1.82) is 0 Å². The first-order valence-corrected chi connectivity index (χ1v) is 7.16. The van der Waals surface area contributed by atoms with Gasteiger partial charge in [0, 0.05) is 5.56 Å². The molecular formula is C15H19ClN2O2. The van der Waals surface area contributed by atoms with E-state index in [4.69, 9.17) is 21.1 Å². The van der Waals surface area contributed by atoms with Gasteiger partial charge in [-0.3, -0.25) is 5.01 Å². The highest BCUT2D eigenvalue weighted by atomic mass is 35.5. The molecule has 1 aromatic carbocycles. The van der Waals surface area contributed by atoms with E-state index in [9.17, 15) is 0 Å². The fourth-order valence-corrected chi connectivity index (χ4v) is 3.09. The Labute approximate surface area is 124 Å². The van der Waals surface area contributed by atoms with Crippen LogP contribution in [0.2, 0.25) is 0 Å². The minimum absolute atomic E-state index is 0.365. The van der Waals surface area contributed by atoms with Crippen molar-refractivity contribution in [3.8, 4) is 0 Å². The molecule has 1 saturated heterocycles. The number of benzene rings is 1. The van der Waals surface area contributed by atoms with Crippen LogP contribution in [0, 0.1) is 0 Å². The van der Waals surface area contributed by atoms with Crippen LogP contribution in [-0.2, 0) is 16.0 Å². The predicted molar refractivity (Wildman–Crippen MR) is 78.8 cm³/mol. The fourth-order valence-electron chi connectivity index (χ4n) is 2.80. The number of nitrogens with zero attached hydrogens (tertiary/aromatic N) is 2. The van der Waals surface area contributed by atoms with E-state index < -0.39 is 5.79 Å². The van der Waals surface area contributed by atoms with Gasteiger partial charge < -0.3 is 9.47 Å². The first-order chi connectivity index (χ1) is 9.37. The van der Waals surface area contributed by atoms with Crippen molar-refractivity contribution < 1.29 is 9.47 Å². The van der Waals surface area contributed by atoms with Crippen LogP contribution in [0.3, 0.4) is 0 Å². The zero-order valence-electron chi connectivity index (χ0n) is 12.0. The van der Waals surface area contributed by atoms with E-state index in [1.165, 1.54) is 5.56 Å². The van der Waals surface area contributed by atoms with Gasteiger partial charge in [-0.2, -0.15) is 5.10 Å². The van der Waals surface area contributed by atoms with Gasteiger partial charge in [-0.1, -0.05) is 35.9 Å². The Kier molecular flexibility index (Phi) is 3.27. The molecule has 1 fully saturated rings. The van der Waals surface area contributed by atoms with Crippen LogP contribution in [0.15, 0.2) is 29.4 Å². The summed E-state index contributed by atoms with van der Waals surface area (Å²) in [7, 11) is 0. The minimum atomic E-state index is -0.532. The smallest absolute Gasteiger partial charge is 0.163 e. The average molecular weight is 295 g/mol. The van der Waals surface area contributed by atoms with Crippen LogP contribution in [-0.4, -0.2) is 34.7 Å². The molecular weight excluding hydrogens is 276 g/mol. The monoisotopic (exact) mass is 294 g/mol. The Morgan fingerprint density at radius 3 is 2.75 bits per heavy atom. The Morgan fingerprint density at radius 2 is 2.05 bits per heavy atom. The van der Waals surface area contributed by atoms with Crippen molar-refractivity contribution in [2.24, 2.45) is 5.10 Å². The molecule has 5 heteroatoms. The normalized spacial score (nSPS) is 28.2. The molecule has 0 bridgehead atoms. The average Bonchev–Trinajstić information content (AvgIpc) is 2.63. The summed E-state index contributed by atoms with van der Waals surface area (Å²) in [6.07, 6.45) is 0. The molecule has 20 heavy (non-hydrogen) atoms. The standard InChI is InChI=1S/C15H19ClN2O2/c1-14(2)19-10-15(3,20-14)9-18-8-11-6-4-5-7-12(11)13(16)17-18/h4-7H,8-10H2,1-3H3. The Morgan fingerprint density at radius 1 is 1.30 bits per heavy atom. The molecule has 0 N–H and O–H groups in total. The van der Waals surface area contributed by atoms with Crippen molar-refractivity contribution >= 4 is 16.8 Å². The molecule has 0 spiro atoms. The Bertz CT molecular complexity index is 559. The third-order valence-electron chi connectivity index (χ3n) is 3.56. The van der Waals surface area contributed by atoms with E-state index in [2.05, 4.69) is 11.2 Å². The maximum absolute atomic E-state index is 6.27. The lowest BCUT2D eigenvalue weighted by Gasteiger charge is -2.32. The number of ether oxygens (including phenoxy) is 2. The first kappa shape index (κ1) is 13.9. The van der Waals surface area contributed by atoms with Gasteiger partial charge in [-0.25, -0.2) is 0 Å². The molecule has 0 radical (unpaired) electrons. The molecule has 0 aliphatic carbocycles. The van der Waals surface area contributed by atoms with E-state index in [1.807, 2.05) is 44.0 Å². The van der Waals surface area contributed by atoms with Gasteiger partial charge in [0.05, 0.1) is 19.7 Å². The zero-order chi connectivity index (χ0) is 14.4. The van der Waals surface area contributed by atoms with Gasteiger partial charge >= 0.3 is 0 Å².